The second-order valence-corrected chi connectivity index (χ2v) is 6.22. The molecule has 1 aromatic carbocycles. The fourth-order valence-corrected chi connectivity index (χ4v) is 3.42. The summed E-state index contributed by atoms with van der Waals surface area (Å²) < 4.78 is 11.8. The Morgan fingerprint density at radius 1 is 1.30 bits per heavy atom. The van der Waals surface area contributed by atoms with Gasteiger partial charge >= 0.3 is 0 Å². The first-order valence-corrected chi connectivity index (χ1v) is 7.42. The van der Waals surface area contributed by atoms with Crippen molar-refractivity contribution in [2.24, 2.45) is 22.7 Å². The van der Waals surface area contributed by atoms with Crippen LogP contribution in [0.3, 0.4) is 0 Å². The highest BCUT2D eigenvalue weighted by Gasteiger charge is 2.67. The van der Waals surface area contributed by atoms with E-state index in [-0.39, 0.29) is 11.5 Å². The molecule has 2 aliphatic rings. The van der Waals surface area contributed by atoms with Crippen LogP contribution in [0.25, 0.3) is 0 Å². The van der Waals surface area contributed by atoms with Crippen LogP contribution in [0.5, 0.6) is 0 Å². The summed E-state index contributed by atoms with van der Waals surface area (Å²) in [5.74, 6) is 2.07. The number of methoxy groups -OCH3 is 1. The first-order valence-electron chi connectivity index (χ1n) is 7.42. The van der Waals surface area contributed by atoms with Crippen LogP contribution < -0.4 is 0 Å². The Morgan fingerprint density at radius 2 is 2.00 bits per heavy atom. The smallest absolute Gasteiger partial charge is 0.190 e. The summed E-state index contributed by atoms with van der Waals surface area (Å²) in [5, 5.41) is 0. The van der Waals surface area contributed by atoms with Gasteiger partial charge in [0.25, 0.3) is 0 Å². The molecule has 0 saturated heterocycles. The molecule has 3 rings (SSSR count). The van der Waals surface area contributed by atoms with Gasteiger partial charge in [-0.05, 0) is 11.5 Å². The average molecular weight is 273 g/mol. The van der Waals surface area contributed by atoms with E-state index in [0.717, 1.165) is 5.90 Å². The minimum atomic E-state index is -0.258. The van der Waals surface area contributed by atoms with Crippen LogP contribution >= 0.6 is 0 Å². The molecule has 3 heteroatoms. The third-order valence-corrected chi connectivity index (χ3v) is 4.82. The zero-order valence-electron chi connectivity index (χ0n) is 12.7. The zero-order chi connectivity index (χ0) is 14.3. The van der Waals surface area contributed by atoms with Crippen molar-refractivity contribution in [2.45, 2.75) is 32.4 Å². The summed E-state index contributed by atoms with van der Waals surface area (Å²) in [6, 6.07) is 10.7. The van der Waals surface area contributed by atoms with E-state index in [1.165, 1.54) is 5.56 Å². The average Bonchev–Trinajstić information content (AvgIpc) is 2.85. The predicted molar refractivity (Wildman–Crippen MR) is 79.8 cm³/mol. The highest BCUT2D eigenvalue weighted by Crippen LogP contribution is 2.61. The Bertz CT molecular complexity index is 511. The lowest BCUT2D eigenvalue weighted by Gasteiger charge is -2.16. The van der Waals surface area contributed by atoms with Crippen LogP contribution in [-0.4, -0.2) is 25.7 Å². The number of nitrogens with zero attached hydrogens (tertiary/aromatic N) is 1. The molecule has 3 nitrogen and oxygen atoms in total. The summed E-state index contributed by atoms with van der Waals surface area (Å²) in [6.07, 6.45) is 0. The highest BCUT2D eigenvalue weighted by molar-refractivity contribution is 5.86. The SMILES string of the molecule is COC1(c2ccccc2)C(C)C1C1=N[C@@H](C(C)C)CO1. The largest absolute Gasteiger partial charge is 0.478 e. The second kappa shape index (κ2) is 4.88. The molecule has 1 aliphatic heterocycles. The van der Waals surface area contributed by atoms with Gasteiger partial charge in [-0.15, -0.1) is 0 Å². The number of hydrogen-bond donors (Lipinski definition) is 0. The molecule has 4 atom stereocenters. The molecule has 3 unspecified atom stereocenters. The maximum absolute atomic E-state index is 5.91. The van der Waals surface area contributed by atoms with E-state index in [2.05, 4.69) is 45.0 Å². The Hall–Kier alpha value is -1.35. The Kier molecular flexibility index (Phi) is 3.33. The van der Waals surface area contributed by atoms with E-state index in [1.807, 2.05) is 6.07 Å². The summed E-state index contributed by atoms with van der Waals surface area (Å²) >= 11 is 0. The molecule has 1 saturated carbocycles. The van der Waals surface area contributed by atoms with E-state index in [9.17, 15) is 0 Å². The monoisotopic (exact) mass is 273 g/mol. The molecule has 1 fully saturated rings. The quantitative estimate of drug-likeness (QED) is 0.843. The first-order chi connectivity index (χ1) is 9.61. The van der Waals surface area contributed by atoms with Gasteiger partial charge in [-0.3, -0.25) is 0 Å². The summed E-state index contributed by atoms with van der Waals surface area (Å²) in [7, 11) is 1.79. The summed E-state index contributed by atoms with van der Waals surface area (Å²) in [4.78, 5) is 4.78. The highest BCUT2D eigenvalue weighted by atomic mass is 16.5. The molecule has 0 bridgehead atoms. The molecular formula is C17H23NO2. The molecule has 0 N–H and O–H groups in total. The Morgan fingerprint density at radius 3 is 2.55 bits per heavy atom. The topological polar surface area (TPSA) is 30.8 Å². The molecule has 0 radical (unpaired) electrons. The molecule has 0 aromatic heterocycles. The maximum atomic E-state index is 5.91. The number of ether oxygens (including phenoxy) is 2. The maximum Gasteiger partial charge on any atom is 0.190 e. The van der Waals surface area contributed by atoms with E-state index in [4.69, 9.17) is 14.5 Å². The first kappa shape index (κ1) is 13.6. The third-order valence-electron chi connectivity index (χ3n) is 4.82. The number of benzene rings is 1. The van der Waals surface area contributed by atoms with Crippen LogP contribution in [0.4, 0.5) is 0 Å². The molecule has 0 amide bonds. The van der Waals surface area contributed by atoms with Crippen molar-refractivity contribution >= 4 is 5.90 Å². The van der Waals surface area contributed by atoms with Crippen LogP contribution in [0.15, 0.2) is 35.3 Å². The van der Waals surface area contributed by atoms with Crippen molar-refractivity contribution in [1.82, 2.24) is 0 Å². The van der Waals surface area contributed by atoms with Crippen LogP contribution in [-0.2, 0) is 15.1 Å². The van der Waals surface area contributed by atoms with Gasteiger partial charge in [-0.1, -0.05) is 51.1 Å². The van der Waals surface area contributed by atoms with Crippen molar-refractivity contribution in [3.63, 3.8) is 0 Å². The fourth-order valence-electron chi connectivity index (χ4n) is 3.42. The van der Waals surface area contributed by atoms with Gasteiger partial charge in [0, 0.05) is 13.0 Å². The lowest BCUT2D eigenvalue weighted by molar-refractivity contribution is 0.0582. The van der Waals surface area contributed by atoms with Gasteiger partial charge in [0.05, 0.1) is 12.0 Å². The van der Waals surface area contributed by atoms with Gasteiger partial charge in [0.15, 0.2) is 5.90 Å². The Balaban J connectivity index is 1.88. The number of hydrogen-bond acceptors (Lipinski definition) is 3. The summed E-state index contributed by atoms with van der Waals surface area (Å²) in [6.45, 7) is 7.32. The van der Waals surface area contributed by atoms with E-state index < -0.39 is 0 Å². The van der Waals surface area contributed by atoms with Crippen molar-refractivity contribution in [3.8, 4) is 0 Å². The molecule has 20 heavy (non-hydrogen) atoms. The second-order valence-electron chi connectivity index (χ2n) is 6.22. The standard InChI is InChI=1S/C17H23NO2/c1-11(2)14-10-20-16(18-14)15-12(3)17(15,19-4)13-8-6-5-7-9-13/h5-9,11-12,14-15H,10H2,1-4H3/t12?,14-,15?,17?/m1/s1. The molecule has 0 spiro atoms. The van der Waals surface area contributed by atoms with Crippen molar-refractivity contribution < 1.29 is 9.47 Å². The van der Waals surface area contributed by atoms with E-state index in [0.29, 0.717) is 24.5 Å². The van der Waals surface area contributed by atoms with Crippen molar-refractivity contribution in [1.29, 1.82) is 0 Å². The number of aliphatic imine (C=N–C) groups is 1. The van der Waals surface area contributed by atoms with E-state index >= 15 is 0 Å². The van der Waals surface area contributed by atoms with E-state index in [1.54, 1.807) is 7.11 Å². The number of rotatable bonds is 4. The third kappa shape index (κ3) is 1.87. The van der Waals surface area contributed by atoms with Gasteiger partial charge in [-0.25, -0.2) is 4.99 Å². The normalized spacial score (nSPS) is 35.9. The predicted octanol–water partition coefficient (Wildman–Crippen LogP) is 3.25. The molecule has 1 heterocycles. The fraction of sp³-hybridized carbons (Fsp3) is 0.588. The summed E-state index contributed by atoms with van der Waals surface area (Å²) in [5.41, 5.74) is 0.964. The zero-order valence-corrected chi connectivity index (χ0v) is 12.7. The van der Waals surface area contributed by atoms with Crippen LogP contribution in [0, 0.1) is 17.8 Å². The van der Waals surface area contributed by atoms with Gasteiger partial charge < -0.3 is 9.47 Å². The van der Waals surface area contributed by atoms with Crippen LogP contribution in [0.1, 0.15) is 26.3 Å². The molecule has 1 aromatic rings. The van der Waals surface area contributed by atoms with Crippen molar-refractivity contribution in [2.75, 3.05) is 13.7 Å². The van der Waals surface area contributed by atoms with Crippen molar-refractivity contribution in [3.05, 3.63) is 35.9 Å². The minimum Gasteiger partial charge on any atom is -0.478 e. The lowest BCUT2D eigenvalue weighted by atomic mass is 10.0. The minimum absolute atomic E-state index is 0.249. The van der Waals surface area contributed by atoms with Gasteiger partial charge in [-0.2, -0.15) is 0 Å². The molecule has 108 valence electrons. The molecule has 1 aliphatic carbocycles. The molecular weight excluding hydrogens is 250 g/mol. The van der Waals surface area contributed by atoms with Crippen LogP contribution in [0.2, 0.25) is 0 Å². The van der Waals surface area contributed by atoms with Gasteiger partial charge in [0.2, 0.25) is 0 Å². The lowest BCUT2D eigenvalue weighted by Crippen LogP contribution is -2.18. The van der Waals surface area contributed by atoms with Gasteiger partial charge in [0.1, 0.15) is 12.2 Å². The Labute approximate surface area is 121 Å².